The Hall–Kier alpha value is -1.25. The lowest BCUT2D eigenvalue weighted by molar-refractivity contribution is 0.886. The first-order valence-corrected chi connectivity index (χ1v) is 2.65. The van der Waals surface area contributed by atoms with E-state index in [4.69, 9.17) is 5.84 Å². The van der Waals surface area contributed by atoms with Gasteiger partial charge in [-0.1, -0.05) is 6.07 Å². The van der Waals surface area contributed by atoms with Gasteiger partial charge in [0.1, 0.15) is 0 Å². The van der Waals surface area contributed by atoms with Crippen LogP contribution in [0.15, 0.2) is 23.0 Å². The monoisotopic (exact) mass is 124 g/mol. The van der Waals surface area contributed by atoms with Crippen LogP contribution < -0.4 is 11.4 Å². The maximum absolute atomic E-state index is 10.7. The molecule has 0 aliphatic rings. The molecule has 48 valence electrons. The second-order valence-electron chi connectivity index (χ2n) is 1.88. The zero-order valence-electron chi connectivity index (χ0n) is 5.16. The highest BCUT2D eigenvalue weighted by atomic mass is 16.1. The molecule has 2 N–H and O–H groups in total. The van der Waals surface area contributed by atoms with Crippen molar-refractivity contribution in [2.45, 2.75) is 6.92 Å². The Bertz CT molecular complexity index is 264. The number of nitrogens with zero attached hydrogens (tertiary/aromatic N) is 1. The van der Waals surface area contributed by atoms with Crippen LogP contribution in [0.1, 0.15) is 5.69 Å². The van der Waals surface area contributed by atoms with Crippen molar-refractivity contribution in [2.24, 2.45) is 0 Å². The molecule has 0 aliphatic carbocycles. The molecule has 0 amide bonds. The summed E-state index contributed by atoms with van der Waals surface area (Å²) in [5.74, 6) is 5.29. The van der Waals surface area contributed by atoms with Crippen LogP contribution in [-0.4, -0.2) is 4.68 Å². The number of nitrogens with two attached hydrogens (primary N) is 1. The van der Waals surface area contributed by atoms with E-state index in [1.165, 1.54) is 6.07 Å². The van der Waals surface area contributed by atoms with E-state index >= 15 is 0 Å². The first-order valence-electron chi connectivity index (χ1n) is 2.65. The predicted molar refractivity (Wildman–Crippen MR) is 35.6 cm³/mol. The molecule has 0 aromatic carbocycles. The van der Waals surface area contributed by atoms with Crippen molar-refractivity contribution >= 4 is 0 Å². The molecule has 0 saturated carbocycles. The van der Waals surface area contributed by atoms with Crippen molar-refractivity contribution in [1.82, 2.24) is 4.68 Å². The van der Waals surface area contributed by atoms with Gasteiger partial charge < -0.3 is 5.84 Å². The van der Waals surface area contributed by atoms with E-state index in [0.717, 1.165) is 10.4 Å². The Morgan fingerprint density at radius 2 is 2.22 bits per heavy atom. The van der Waals surface area contributed by atoms with Crippen LogP contribution in [0.3, 0.4) is 0 Å². The molecule has 0 fully saturated rings. The molecular formula is C6H8N2O. The van der Waals surface area contributed by atoms with Crippen molar-refractivity contribution < 1.29 is 0 Å². The van der Waals surface area contributed by atoms with Crippen LogP contribution in [0, 0.1) is 6.92 Å². The highest BCUT2D eigenvalue weighted by molar-refractivity contribution is 5.03. The van der Waals surface area contributed by atoms with Gasteiger partial charge in [0.05, 0.1) is 0 Å². The van der Waals surface area contributed by atoms with Crippen LogP contribution in [0.4, 0.5) is 0 Å². The highest BCUT2D eigenvalue weighted by Gasteiger charge is 1.89. The van der Waals surface area contributed by atoms with Crippen molar-refractivity contribution in [3.8, 4) is 0 Å². The van der Waals surface area contributed by atoms with Crippen LogP contribution in [0.2, 0.25) is 0 Å². The minimum absolute atomic E-state index is 0.171. The van der Waals surface area contributed by atoms with E-state index in [1.807, 2.05) is 0 Å². The second-order valence-corrected chi connectivity index (χ2v) is 1.88. The van der Waals surface area contributed by atoms with E-state index < -0.39 is 0 Å². The van der Waals surface area contributed by atoms with Gasteiger partial charge in [-0.2, -0.15) is 0 Å². The van der Waals surface area contributed by atoms with Gasteiger partial charge in [0.2, 0.25) is 0 Å². The number of pyridine rings is 1. The number of hydrogen-bond donors (Lipinski definition) is 1. The first kappa shape index (κ1) is 5.88. The number of nitrogen functional groups attached to an aromatic ring is 1. The Morgan fingerprint density at radius 1 is 1.56 bits per heavy atom. The molecule has 3 nitrogen and oxygen atoms in total. The number of rotatable bonds is 0. The molecule has 0 spiro atoms. The van der Waals surface area contributed by atoms with Crippen molar-refractivity contribution in [3.05, 3.63) is 34.2 Å². The van der Waals surface area contributed by atoms with Crippen LogP contribution in [0.5, 0.6) is 0 Å². The van der Waals surface area contributed by atoms with Crippen molar-refractivity contribution in [1.29, 1.82) is 0 Å². The lowest BCUT2D eigenvalue weighted by atomic mass is 10.4. The zero-order valence-corrected chi connectivity index (χ0v) is 5.16. The molecule has 0 saturated heterocycles. The van der Waals surface area contributed by atoms with E-state index in [0.29, 0.717) is 0 Å². The maximum Gasteiger partial charge on any atom is 0.268 e. The number of hydrogen-bond acceptors (Lipinski definition) is 2. The summed E-state index contributed by atoms with van der Waals surface area (Å²) in [7, 11) is 0. The molecule has 0 unspecified atom stereocenters. The minimum atomic E-state index is -0.171. The van der Waals surface area contributed by atoms with E-state index in [9.17, 15) is 4.79 Å². The standard InChI is InChI=1S/C6H8N2O/c1-5-3-2-4-6(9)8(5)7/h2-4H,7H2,1H3. The molecular weight excluding hydrogens is 116 g/mol. The quantitative estimate of drug-likeness (QED) is 0.490. The first-order chi connectivity index (χ1) is 4.22. The molecule has 1 aromatic heterocycles. The third-order valence-corrected chi connectivity index (χ3v) is 1.19. The summed E-state index contributed by atoms with van der Waals surface area (Å²) in [5, 5.41) is 0. The summed E-state index contributed by atoms with van der Waals surface area (Å²) >= 11 is 0. The Balaban J connectivity index is 3.43. The van der Waals surface area contributed by atoms with Crippen LogP contribution >= 0.6 is 0 Å². The van der Waals surface area contributed by atoms with Gasteiger partial charge in [0, 0.05) is 11.8 Å². The maximum atomic E-state index is 10.7. The highest BCUT2D eigenvalue weighted by Crippen LogP contribution is 1.85. The minimum Gasteiger partial charge on any atom is -0.336 e. The Morgan fingerprint density at radius 3 is 2.67 bits per heavy atom. The predicted octanol–water partition coefficient (Wildman–Crippen LogP) is -0.129. The fourth-order valence-electron chi connectivity index (χ4n) is 0.604. The van der Waals surface area contributed by atoms with Crippen molar-refractivity contribution in [2.75, 3.05) is 5.84 Å². The summed E-state index contributed by atoms with van der Waals surface area (Å²) in [6.07, 6.45) is 0. The Kier molecular flexibility index (Phi) is 1.26. The average molecular weight is 124 g/mol. The van der Waals surface area contributed by atoms with Gasteiger partial charge in [-0.25, -0.2) is 4.68 Å². The Labute approximate surface area is 52.7 Å². The van der Waals surface area contributed by atoms with E-state index in [2.05, 4.69) is 0 Å². The lowest BCUT2D eigenvalue weighted by Gasteiger charge is -1.98. The summed E-state index contributed by atoms with van der Waals surface area (Å²) in [6.45, 7) is 1.78. The molecule has 0 bridgehead atoms. The third kappa shape index (κ3) is 0.937. The summed E-state index contributed by atoms with van der Waals surface area (Å²) in [4.78, 5) is 10.7. The van der Waals surface area contributed by atoms with Gasteiger partial charge in [-0.05, 0) is 13.0 Å². The molecule has 3 heteroatoms. The second kappa shape index (κ2) is 1.93. The average Bonchev–Trinajstić information content (AvgIpc) is 1.83. The van der Waals surface area contributed by atoms with E-state index in [-0.39, 0.29) is 5.56 Å². The van der Waals surface area contributed by atoms with Crippen LogP contribution in [-0.2, 0) is 0 Å². The van der Waals surface area contributed by atoms with Crippen LogP contribution in [0.25, 0.3) is 0 Å². The summed E-state index contributed by atoms with van der Waals surface area (Å²) in [5.41, 5.74) is 0.595. The summed E-state index contributed by atoms with van der Waals surface area (Å²) in [6, 6.07) is 4.88. The smallest absolute Gasteiger partial charge is 0.268 e. The molecule has 1 rings (SSSR count). The van der Waals surface area contributed by atoms with Gasteiger partial charge >= 0.3 is 0 Å². The van der Waals surface area contributed by atoms with Crippen molar-refractivity contribution in [3.63, 3.8) is 0 Å². The van der Waals surface area contributed by atoms with Gasteiger partial charge in [0.25, 0.3) is 5.56 Å². The van der Waals surface area contributed by atoms with E-state index in [1.54, 1.807) is 19.1 Å². The number of aromatic nitrogens is 1. The topological polar surface area (TPSA) is 48.0 Å². The molecule has 1 aromatic rings. The molecule has 0 aliphatic heterocycles. The molecule has 0 atom stereocenters. The SMILES string of the molecule is Cc1cccc(=O)n1N. The molecule has 9 heavy (non-hydrogen) atoms. The molecule has 0 radical (unpaired) electrons. The fourth-order valence-corrected chi connectivity index (χ4v) is 0.604. The van der Waals surface area contributed by atoms with Gasteiger partial charge in [0.15, 0.2) is 0 Å². The lowest BCUT2D eigenvalue weighted by Crippen LogP contribution is -2.27. The molecule has 1 heterocycles. The summed E-state index contributed by atoms with van der Waals surface area (Å²) < 4.78 is 1.11. The normalized spacial score (nSPS) is 9.44. The van der Waals surface area contributed by atoms with Gasteiger partial charge in [-0.15, -0.1) is 0 Å². The largest absolute Gasteiger partial charge is 0.336 e. The fraction of sp³-hybridized carbons (Fsp3) is 0.167. The number of aryl methyl sites for hydroxylation is 1. The zero-order chi connectivity index (χ0) is 6.85. The third-order valence-electron chi connectivity index (χ3n) is 1.19. The van der Waals surface area contributed by atoms with Gasteiger partial charge in [-0.3, -0.25) is 4.79 Å².